The van der Waals surface area contributed by atoms with Gasteiger partial charge in [0.25, 0.3) is 0 Å². The molecule has 1 aromatic carbocycles. The molecule has 0 radical (unpaired) electrons. The van der Waals surface area contributed by atoms with Crippen molar-refractivity contribution in [2.24, 2.45) is 0 Å². The average molecular weight is 144 g/mol. The highest BCUT2D eigenvalue weighted by atomic mass is 14.3. The van der Waals surface area contributed by atoms with Crippen molar-refractivity contribution in [1.29, 1.82) is 10.5 Å². The van der Waals surface area contributed by atoms with Gasteiger partial charge < -0.3 is 0 Å². The summed E-state index contributed by atoms with van der Waals surface area (Å²) in [4.78, 5) is 0. The molecule has 1 rings (SSSR count). The lowest BCUT2D eigenvalue weighted by Crippen LogP contribution is -1.62. The minimum absolute atomic E-state index is 1.24. The molecule has 11 heavy (non-hydrogen) atoms. The van der Waals surface area contributed by atoms with Crippen LogP contribution in [0.4, 0.5) is 0 Å². The Bertz CT molecular complexity index is 252. The van der Waals surface area contributed by atoms with Gasteiger partial charge in [-0.05, 0) is 6.92 Å². The molecule has 0 N–H and O–H groups in total. The van der Waals surface area contributed by atoms with Crippen molar-refractivity contribution in [1.82, 2.24) is 0 Å². The molecule has 0 unspecified atom stereocenters. The molecule has 0 aliphatic carbocycles. The number of rotatable bonds is 0. The van der Waals surface area contributed by atoms with Crippen molar-refractivity contribution in [3.8, 4) is 12.1 Å². The molecule has 0 saturated carbocycles. The third-order valence-corrected chi connectivity index (χ3v) is 0.990. The minimum atomic E-state index is 1.24. The third-order valence-electron chi connectivity index (χ3n) is 0.990. The zero-order valence-electron chi connectivity index (χ0n) is 6.28. The fraction of sp³-hybridized carbons (Fsp3) is 0.111. The monoisotopic (exact) mass is 144 g/mol. The molecule has 54 valence electrons. The van der Waals surface area contributed by atoms with Crippen molar-refractivity contribution in [2.45, 2.75) is 6.92 Å². The maximum atomic E-state index is 7.26. The van der Waals surface area contributed by atoms with E-state index in [1.165, 1.54) is 17.7 Å². The van der Waals surface area contributed by atoms with E-state index in [2.05, 4.69) is 19.1 Å². The van der Waals surface area contributed by atoms with Crippen LogP contribution in [0.3, 0.4) is 0 Å². The van der Waals surface area contributed by atoms with Gasteiger partial charge in [0.15, 0.2) is 12.1 Å². The molecule has 0 saturated heterocycles. The van der Waals surface area contributed by atoms with Gasteiger partial charge in [-0.15, -0.1) is 0 Å². The van der Waals surface area contributed by atoms with Crippen molar-refractivity contribution in [3.63, 3.8) is 0 Å². The van der Waals surface area contributed by atoms with Gasteiger partial charge in [0.2, 0.25) is 0 Å². The lowest BCUT2D eigenvalue weighted by molar-refractivity contribution is 1.48. The van der Waals surface area contributed by atoms with Gasteiger partial charge in [-0.1, -0.05) is 35.9 Å². The quantitative estimate of drug-likeness (QED) is 0.559. The molecule has 0 heterocycles. The molecule has 1 aromatic rings. The van der Waals surface area contributed by atoms with Gasteiger partial charge in [0.1, 0.15) is 0 Å². The molecule has 0 aliphatic rings. The first-order valence-electron chi connectivity index (χ1n) is 3.11. The summed E-state index contributed by atoms with van der Waals surface area (Å²) in [7, 11) is 0. The second-order valence-corrected chi connectivity index (χ2v) is 1.88. The summed E-state index contributed by atoms with van der Waals surface area (Å²) >= 11 is 0. The predicted molar refractivity (Wildman–Crippen MR) is 42.4 cm³/mol. The van der Waals surface area contributed by atoms with Crippen LogP contribution in [-0.2, 0) is 0 Å². The predicted octanol–water partition coefficient (Wildman–Crippen LogP) is 2.03. The van der Waals surface area contributed by atoms with Gasteiger partial charge in [-0.3, -0.25) is 0 Å². The average Bonchev–Trinajstić information content (AvgIpc) is 2.07. The van der Waals surface area contributed by atoms with Crippen LogP contribution in [0.2, 0.25) is 0 Å². The van der Waals surface area contributed by atoms with E-state index in [4.69, 9.17) is 10.5 Å². The molecular formula is C9H8N2. The second-order valence-electron chi connectivity index (χ2n) is 1.88. The van der Waals surface area contributed by atoms with Crippen LogP contribution in [0.1, 0.15) is 5.56 Å². The number of hydrogen-bond donors (Lipinski definition) is 0. The van der Waals surface area contributed by atoms with E-state index >= 15 is 0 Å². The first-order valence-corrected chi connectivity index (χ1v) is 3.11. The molecular weight excluding hydrogens is 136 g/mol. The number of hydrogen-bond acceptors (Lipinski definition) is 2. The van der Waals surface area contributed by atoms with E-state index < -0.39 is 0 Å². The molecule has 2 nitrogen and oxygen atoms in total. The molecule has 0 spiro atoms. The van der Waals surface area contributed by atoms with Crippen LogP contribution >= 0.6 is 0 Å². The minimum Gasteiger partial charge on any atom is -0.181 e. The summed E-state index contributed by atoms with van der Waals surface area (Å²) in [6, 6.07) is 12.7. The number of nitriles is 2. The number of nitrogens with zero attached hydrogens (tertiary/aromatic N) is 2. The number of benzene rings is 1. The molecule has 0 amide bonds. The summed E-state index contributed by atoms with van der Waals surface area (Å²) in [5.41, 5.74) is 1.32. The highest BCUT2D eigenvalue weighted by molar-refractivity contribution is 5.11. The standard InChI is InChI=1S/C7H8.C2N2/c1-7-5-3-2-4-6-7;3-1-2-4/h2-6H,1H3;. The Morgan fingerprint density at radius 1 is 1.00 bits per heavy atom. The Kier molecular flexibility index (Phi) is 5.29. The van der Waals surface area contributed by atoms with E-state index in [1.54, 1.807) is 0 Å². The van der Waals surface area contributed by atoms with Crippen LogP contribution in [0.15, 0.2) is 30.3 Å². The van der Waals surface area contributed by atoms with Gasteiger partial charge in [-0.25, -0.2) is 0 Å². The number of aryl methyl sites for hydroxylation is 1. The molecule has 0 aromatic heterocycles. The van der Waals surface area contributed by atoms with Crippen LogP contribution in [0, 0.1) is 29.6 Å². The maximum Gasteiger partial charge on any atom is 0.181 e. The van der Waals surface area contributed by atoms with E-state index in [-0.39, 0.29) is 0 Å². The van der Waals surface area contributed by atoms with Gasteiger partial charge in [0, 0.05) is 0 Å². The lowest BCUT2D eigenvalue weighted by Gasteiger charge is -1.82. The SMILES string of the molecule is Cc1ccccc1.N#CC#N. The summed E-state index contributed by atoms with van der Waals surface area (Å²) in [5.74, 6) is 0. The van der Waals surface area contributed by atoms with Crippen molar-refractivity contribution < 1.29 is 0 Å². The Labute approximate surface area is 66.3 Å². The van der Waals surface area contributed by atoms with E-state index in [0.29, 0.717) is 0 Å². The van der Waals surface area contributed by atoms with Crippen LogP contribution in [-0.4, -0.2) is 0 Å². The molecule has 2 heteroatoms. The highest BCUT2D eigenvalue weighted by Gasteiger charge is 1.72. The van der Waals surface area contributed by atoms with E-state index in [0.717, 1.165) is 0 Å². The second kappa shape index (κ2) is 6.32. The fourth-order valence-electron chi connectivity index (χ4n) is 0.534. The topological polar surface area (TPSA) is 47.6 Å². The summed E-state index contributed by atoms with van der Waals surface area (Å²) < 4.78 is 0. The summed E-state index contributed by atoms with van der Waals surface area (Å²) in [6.07, 6.45) is 0. The normalized spacial score (nSPS) is 6.45. The van der Waals surface area contributed by atoms with Crippen LogP contribution in [0.25, 0.3) is 0 Å². The van der Waals surface area contributed by atoms with Crippen LogP contribution in [0.5, 0.6) is 0 Å². The Morgan fingerprint density at radius 2 is 1.45 bits per heavy atom. The Morgan fingerprint density at radius 3 is 1.64 bits per heavy atom. The molecule has 0 bridgehead atoms. The lowest BCUT2D eigenvalue weighted by atomic mass is 10.2. The summed E-state index contributed by atoms with van der Waals surface area (Å²) in [5, 5.41) is 14.5. The Hall–Kier alpha value is -1.80. The van der Waals surface area contributed by atoms with Gasteiger partial charge in [0.05, 0.1) is 0 Å². The summed E-state index contributed by atoms with van der Waals surface area (Å²) in [6.45, 7) is 2.08. The maximum absolute atomic E-state index is 7.26. The molecule has 0 fully saturated rings. The smallest absolute Gasteiger partial charge is 0.181 e. The zero-order valence-corrected chi connectivity index (χ0v) is 6.28. The molecule has 0 atom stereocenters. The van der Waals surface area contributed by atoms with Gasteiger partial charge in [-0.2, -0.15) is 10.5 Å². The fourth-order valence-corrected chi connectivity index (χ4v) is 0.534. The molecule has 0 aliphatic heterocycles. The van der Waals surface area contributed by atoms with Crippen molar-refractivity contribution in [2.75, 3.05) is 0 Å². The first kappa shape index (κ1) is 9.20. The van der Waals surface area contributed by atoms with E-state index in [9.17, 15) is 0 Å². The van der Waals surface area contributed by atoms with Crippen molar-refractivity contribution in [3.05, 3.63) is 35.9 Å². The first-order chi connectivity index (χ1) is 5.31. The van der Waals surface area contributed by atoms with Crippen LogP contribution < -0.4 is 0 Å². The third kappa shape index (κ3) is 6.08. The zero-order chi connectivity index (χ0) is 8.53. The Balaban J connectivity index is 0.000000218. The van der Waals surface area contributed by atoms with Crippen molar-refractivity contribution >= 4 is 0 Å². The van der Waals surface area contributed by atoms with E-state index in [1.807, 2.05) is 18.2 Å². The highest BCUT2D eigenvalue weighted by Crippen LogP contribution is 1.92. The largest absolute Gasteiger partial charge is 0.181 e. The van der Waals surface area contributed by atoms with Gasteiger partial charge >= 0.3 is 0 Å².